The van der Waals surface area contributed by atoms with Crippen LogP contribution < -0.4 is 5.32 Å². The van der Waals surface area contributed by atoms with Crippen LogP contribution in [0.1, 0.15) is 164 Å². The Kier molecular flexibility index (Phi) is 15.4. The SMILES string of the molecule is C.C=C1C[C@H]2O[C@H](C)C3=C(C(=O)c4ccc(C5C[C@@H](CNC)[C@H](O)[C@@H](C)O5)c(O)c4C3=O)[C@H]2O1.C[C@H]1O[C@H](CC(=O)O)CC2=C1C(=O)c1c(O)c(CC3=CC(=O)c4c(O)c5c(c(O)c4C3=O)[C@@H](C)O[C@H](CC(=O)O)C5)cc(O)c1C2=O. The normalized spacial score (nSPS) is 28.2. The molecule has 5 aliphatic heterocycles. The van der Waals surface area contributed by atoms with Gasteiger partial charge >= 0.3 is 11.9 Å². The fraction of sp³-hybridized carbons (Fsp3) is 0.424. The number of Topliss-reactive ketones (excluding diaryl/α,β-unsaturated/α-hetero) is 5. The minimum Gasteiger partial charge on any atom is -0.507 e. The van der Waals surface area contributed by atoms with Crippen LogP contribution in [-0.2, 0) is 46.1 Å². The fourth-order valence-electron chi connectivity index (χ4n) is 12.7. The fourth-order valence-corrected chi connectivity index (χ4v) is 12.7. The van der Waals surface area contributed by atoms with Gasteiger partial charge in [0.2, 0.25) is 0 Å². The molecule has 9 N–H and O–H groups in total. The summed E-state index contributed by atoms with van der Waals surface area (Å²) in [6.07, 6.45) is -6.86. The number of nitrogens with one attached hydrogen (secondary N) is 1. The highest BCUT2D eigenvalue weighted by Crippen LogP contribution is 2.51. The van der Waals surface area contributed by atoms with E-state index >= 15 is 0 Å². The number of phenols is 5. The molecule has 0 bridgehead atoms. The number of carboxylic acids is 2. The van der Waals surface area contributed by atoms with Crippen molar-refractivity contribution in [1.29, 1.82) is 0 Å². The molecular formula is C59H61NO21. The Hall–Kier alpha value is -7.86. The van der Waals surface area contributed by atoms with Gasteiger partial charge in [-0.25, -0.2) is 0 Å². The quantitative estimate of drug-likeness (QED) is 0.116. The van der Waals surface area contributed by atoms with Gasteiger partial charge in [-0.05, 0) is 59.4 Å². The van der Waals surface area contributed by atoms with Crippen molar-refractivity contribution in [2.45, 2.75) is 141 Å². The van der Waals surface area contributed by atoms with Gasteiger partial charge in [-0.3, -0.25) is 38.4 Å². The van der Waals surface area contributed by atoms with E-state index in [2.05, 4.69) is 11.9 Å². The number of carbonyl (C=O) groups is 8. The van der Waals surface area contributed by atoms with Crippen molar-refractivity contribution in [1.82, 2.24) is 5.32 Å². The first kappa shape index (κ1) is 57.8. The molecule has 3 aromatic rings. The molecule has 22 heteroatoms. The molecule has 0 amide bonds. The number of hydrogen-bond donors (Lipinski definition) is 9. The number of aromatic hydroxyl groups is 5. The number of aliphatic carboxylic acids is 2. The van der Waals surface area contributed by atoms with Gasteiger partial charge in [0.1, 0.15) is 34.9 Å². The lowest BCUT2D eigenvalue weighted by Gasteiger charge is -2.39. The molecule has 0 spiro atoms. The van der Waals surface area contributed by atoms with Crippen molar-refractivity contribution in [2.24, 2.45) is 5.92 Å². The summed E-state index contributed by atoms with van der Waals surface area (Å²) in [5.41, 5.74) is -1.44. The smallest absolute Gasteiger partial charge is 0.305 e. The van der Waals surface area contributed by atoms with Crippen molar-refractivity contribution in [3.8, 4) is 28.7 Å². The number of rotatable bonds is 9. The number of carbonyl (C=O) groups excluding carboxylic acids is 6. The average Bonchev–Trinajstić information content (AvgIpc) is 2.83. The van der Waals surface area contributed by atoms with Crippen LogP contribution in [0.25, 0.3) is 0 Å². The van der Waals surface area contributed by atoms with Crippen molar-refractivity contribution in [3.05, 3.63) is 120 Å². The lowest BCUT2D eigenvalue weighted by atomic mass is 9.76. The number of aliphatic hydroxyl groups is 1. The number of carboxylic acid groups (broad SMARTS) is 2. The lowest BCUT2D eigenvalue weighted by Crippen LogP contribution is -2.45. The Morgan fingerprint density at radius 3 is 1.98 bits per heavy atom. The number of aliphatic hydroxyl groups excluding tert-OH is 1. The summed E-state index contributed by atoms with van der Waals surface area (Å²) in [6.45, 7) is 10.9. The Bertz CT molecular complexity index is 3440. The molecule has 22 nitrogen and oxygen atoms in total. The summed E-state index contributed by atoms with van der Waals surface area (Å²) < 4.78 is 29.1. The van der Waals surface area contributed by atoms with Gasteiger partial charge in [-0.2, -0.15) is 0 Å². The molecular weight excluding hydrogens is 1060 g/mol. The predicted octanol–water partition coefficient (Wildman–Crippen LogP) is 5.70. The lowest BCUT2D eigenvalue weighted by molar-refractivity contribution is -0.142. The Morgan fingerprint density at radius 2 is 1.31 bits per heavy atom. The first-order chi connectivity index (χ1) is 37.8. The number of allylic oxidation sites excluding steroid dienone is 2. The Morgan fingerprint density at radius 1 is 0.679 bits per heavy atom. The predicted molar refractivity (Wildman–Crippen MR) is 281 cm³/mol. The van der Waals surface area contributed by atoms with Gasteiger partial charge in [0.05, 0.1) is 101 Å². The molecule has 428 valence electrons. The summed E-state index contributed by atoms with van der Waals surface area (Å²) in [6, 6.07) is 4.20. The van der Waals surface area contributed by atoms with E-state index in [1.807, 2.05) is 7.05 Å². The first-order valence-corrected chi connectivity index (χ1v) is 26.0. The minimum absolute atomic E-state index is 0. The number of ether oxygens (including phenoxy) is 5. The van der Waals surface area contributed by atoms with E-state index < -0.39 is 160 Å². The van der Waals surface area contributed by atoms with Gasteiger partial charge in [-0.1, -0.05) is 20.1 Å². The van der Waals surface area contributed by atoms with Gasteiger partial charge < -0.3 is 69.9 Å². The maximum Gasteiger partial charge on any atom is 0.305 e. The van der Waals surface area contributed by atoms with Gasteiger partial charge in [0.25, 0.3) is 0 Å². The summed E-state index contributed by atoms with van der Waals surface area (Å²) in [5, 5.41) is 87.5. The third-order valence-electron chi connectivity index (χ3n) is 16.2. The second-order valence-electron chi connectivity index (χ2n) is 21.4. The minimum atomic E-state index is -1.17. The van der Waals surface area contributed by atoms with E-state index in [1.165, 1.54) is 13.8 Å². The number of benzene rings is 3. The number of phenolic OH excluding ortho intramolecular Hbond substituents is 5. The summed E-state index contributed by atoms with van der Waals surface area (Å²) in [5.74, 6) is -8.95. The zero-order chi connectivity index (χ0) is 57.8. The highest BCUT2D eigenvalue weighted by atomic mass is 16.6. The molecule has 0 aromatic heterocycles. The Labute approximate surface area is 462 Å². The van der Waals surface area contributed by atoms with Crippen LogP contribution in [-0.4, -0.2) is 150 Å². The van der Waals surface area contributed by atoms with E-state index in [0.717, 1.165) is 12.1 Å². The Balaban J connectivity index is 0.000000205. The van der Waals surface area contributed by atoms with Crippen molar-refractivity contribution in [2.75, 3.05) is 13.6 Å². The maximum absolute atomic E-state index is 13.7. The molecule has 2 fully saturated rings. The van der Waals surface area contributed by atoms with E-state index in [4.69, 9.17) is 28.8 Å². The van der Waals surface area contributed by atoms with Crippen LogP contribution in [0.4, 0.5) is 0 Å². The average molecular weight is 1120 g/mol. The number of hydrogen-bond acceptors (Lipinski definition) is 20. The third kappa shape index (κ3) is 9.61. The van der Waals surface area contributed by atoms with Crippen LogP contribution in [0.5, 0.6) is 28.7 Å². The molecule has 11 atom stereocenters. The van der Waals surface area contributed by atoms with Gasteiger partial charge in [0, 0.05) is 88.3 Å². The molecule has 11 rings (SSSR count). The van der Waals surface area contributed by atoms with E-state index in [-0.39, 0.29) is 93.9 Å². The monoisotopic (exact) mass is 1120 g/mol. The van der Waals surface area contributed by atoms with Crippen molar-refractivity contribution in [3.63, 3.8) is 0 Å². The second-order valence-corrected chi connectivity index (χ2v) is 21.4. The topological polar surface area (TPSA) is 357 Å². The van der Waals surface area contributed by atoms with Crippen LogP contribution in [0.3, 0.4) is 0 Å². The standard InChI is InChI=1S/C33H28O14.C25H29NO7.CH4/c1-10-22-16(6-14(46-10)8-20(36)37)30(42)24-18(34)4-12(28(40)26(24)32(22)44)3-13-5-19(35)25-27(29(13)41)33(45)23-11(2)47-15(9-21(38)39)7-17(23)31(25)43;1-10-7-17-25(31-10)20-18(11(2)32-17)24(30)19-15(23(20)29)6-5-14(22(19)28)16-8-13(9-26-4)21(27)12(3)33-16;/h4-5,10-11,14-15,34,40,43,45H,3,6-9H2,1-2H3,(H,36,37)(H,38,39);5-6,11-13,16-17,21,25-28H,1,7-9H2,2-4H3;1H4/t10-,11-,14+,15+;11-,12-,13+,16?,17-,21-,25+;/m11./s1. The van der Waals surface area contributed by atoms with Crippen LogP contribution in [0, 0.1) is 5.92 Å². The summed E-state index contributed by atoms with van der Waals surface area (Å²) >= 11 is 0. The number of ketones is 6. The van der Waals surface area contributed by atoms with Crippen LogP contribution in [0.15, 0.2) is 64.5 Å². The highest BCUT2D eigenvalue weighted by molar-refractivity contribution is 6.31. The molecule has 5 heterocycles. The maximum atomic E-state index is 13.7. The van der Waals surface area contributed by atoms with Gasteiger partial charge in [0.15, 0.2) is 40.8 Å². The first-order valence-electron chi connectivity index (χ1n) is 26.0. The van der Waals surface area contributed by atoms with E-state index in [0.29, 0.717) is 36.3 Å². The zero-order valence-corrected chi connectivity index (χ0v) is 43.9. The van der Waals surface area contributed by atoms with Crippen LogP contribution >= 0.6 is 0 Å². The molecule has 3 aromatic carbocycles. The van der Waals surface area contributed by atoms with E-state index in [1.54, 1.807) is 26.0 Å². The molecule has 0 saturated carbocycles. The number of fused-ring (bicyclic) bond motifs is 6. The second kappa shape index (κ2) is 21.6. The van der Waals surface area contributed by atoms with Crippen molar-refractivity contribution >= 4 is 46.6 Å². The van der Waals surface area contributed by atoms with E-state index in [9.17, 15) is 74.1 Å². The molecule has 8 aliphatic rings. The molecule has 3 aliphatic carbocycles. The summed E-state index contributed by atoms with van der Waals surface area (Å²) in [4.78, 5) is 104. The van der Waals surface area contributed by atoms with Crippen molar-refractivity contribution < 1.29 is 103 Å². The summed E-state index contributed by atoms with van der Waals surface area (Å²) in [7, 11) is 1.81. The third-order valence-corrected chi connectivity index (χ3v) is 16.2. The van der Waals surface area contributed by atoms with Gasteiger partial charge in [-0.15, -0.1) is 0 Å². The molecule has 0 radical (unpaired) electrons. The largest absolute Gasteiger partial charge is 0.507 e. The molecule has 1 unspecified atom stereocenters. The van der Waals surface area contributed by atoms with Crippen LogP contribution in [0.2, 0.25) is 0 Å². The molecule has 81 heavy (non-hydrogen) atoms. The zero-order valence-electron chi connectivity index (χ0n) is 43.9. The highest BCUT2D eigenvalue weighted by Gasteiger charge is 2.51. The molecule has 2 saturated heterocycles.